The van der Waals surface area contributed by atoms with Crippen molar-refractivity contribution in [3.8, 4) is 0 Å². The zero-order valence-electron chi connectivity index (χ0n) is 13.4. The van der Waals surface area contributed by atoms with Gasteiger partial charge in [0, 0.05) is 38.1 Å². The van der Waals surface area contributed by atoms with E-state index < -0.39 is 0 Å². The van der Waals surface area contributed by atoms with E-state index in [4.69, 9.17) is 0 Å². The first-order valence-corrected chi connectivity index (χ1v) is 8.53. The van der Waals surface area contributed by atoms with E-state index in [1.807, 2.05) is 0 Å². The molecule has 0 saturated carbocycles. The summed E-state index contributed by atoms with van der Waals surface area (Å²) >= 11 is 0. The predicted octanol–water partition coefficient (Wildman–Crippen LogP) is 1.95. The normalized spacial score (nSPS) is 24.0. The van der Waals surface area contributed by atoms with Gasteiger partial charge in [-0.2, -0.15) is 0 Å². The molecule has 2 aliphatic heterocycles. The van der Waals surface area contributed by atoms with Crippen LogP contribution < -0.4 is 5.32 Å². The fourth-order valence-corrected chi connectivity index (χ4v) is 3.93. The van der Waals surface area contributed by atoms with Crippen molar-refractivity contribution in [3.63, 3.8) is 0 Å². The number of piperazine rings is 1. The molecule has 0 unspecified atom stereocenters. The minimum Gasteiger partial charge on any atom is -0.317 e. The molecule has 116 valence electrons. The van der Waals surface area contributed by atoms with Crippen LogP contribution in [-0.2, 0) is 5.41 Å². The zero-order valence-corrected chi connectivity index (χ0v) is 13.4. The Labute approximate surface area is 129 Å². The van der Waals surface area contributed by atoms with Gasteiger partial charge in [0.25, 0.3) is 0 Å². The second-order valence-corrected chi connectivity index (χ2v) is 6.61. The van der Waals surface area contributed by atoms with Gasteiger partial charge in [-0.15, -0.1) is 0 Å². The summed E-state index contributed by atoms with van der Waals surface area (Å²) in [4.78, 5) is 5.26. The Morgan fingerprint density at radius 2 is 1.57 bits per heavy atom. The molecule has 3 rings (SSSR count). The molecule has 3 heteroatoms. The third kappa shape index (κ3) is 3.47. The molecule has 21 heavy (non-hydrogen) atoms. The van der Waals surface area contributed by atoms with E-state index in [0.29, 0.717) is 5.41 Å². The number of likely N-dealkylation sites (N-methyl/N-ethyl adjacent to an activating group) is 1. The van der Waals surface area contributed by atoms with E-state index in [2.05, 4.69) is 52.4 Å². The van der Waals surface area contributed by atoms with Gasteiger partial charge < -0.3 is 10.2 Å². The van der Waals surface area contributed by atoms with E-state index in [9.17, 15) is 0 Å². The molecule has 0 aromatic heterocycles. The summed E-state index contributed by atoms with van der Waals surface area (Å²) in [7, 11) is 0. The van der Waals surface area contributed by atoms with Gasteiger partial charge in [-0.3, -0.25) is 4.90 Å². The van der Waals surface area contributed by atoms with Gasteiger partial charge >= 0.3 is 0 Å². The molecule has 3 nitrogen and oxygen atoms in total. The third-order valence-corrected chi connectivity index (χ3v) is 5.39. The lowest BCUT2D eigenvalue weighted by atomic mass is 9.72. The number of benzene rings is 1. The Bertz CT molecular complexity index is 417. The van der Waals surface area contributed by atoms with Crippen LogP contribution in [0.15, 0.2) is 30.3 Å². The highest BCUT2D eigenvalue weighted by Crippen LogP contribution is 2.34. The minimum atomic E-state index is 0.362. The van der Waals surface area contributed by atoms with E-state index in [0.717, 1.165) is 13.1 Å². The Kier molecular flexibility index (Phi) is 4.94. The van der Waals surface area contributed by atoms with Gasteiger partial charge in [0.2, 0.25) is 0 Å². The standard InChI is InChI=1S/C18H29N3/c1-2-20-12-14-21(15-13-20)16-18(8-10-19-11-9-18)17-6-4-3-5-7-17/h3-7,19H,2,8-16H2,1H3. The number of hydrogen-bond acceptors (Lipinski definition) is 3. The van der Waals surface area contributed by atoms with Gasteiger partial charge in [-0.1, -0.05) is 37.3 Å². The molecule has 2 fully saturated rings. The number of piperidine rings is 1. The molecule has 2 aliphatic rings. The van der Waals surface area contributed by atoms with Crippen LogP contribution in [0, 0.1) is 0 Å². The van der Waals surface area contributed by atoms with E-state index in [-0.39, 0.29) is 0 Å². The zero-order chi connectivity index (χ0) is 14.5. The molecule has 0 aliphatic carbocycles. The lowest BCUT2D eigenvalue weighted by Gasteiger charge is -2.44. The van der Waals surface area contributed by atoms with Crippen molar-refractivity contribution in [3.05, 3.63) is 35.9 Å². The highest BCUT2D eigenvalue weighted by Gasteiger charge is 2.36. The van der Waals surface area contributed by atoms with Gasteiger partial charge in [0.15, 0.2) is 0 Å². The van der Waals surface area contributed by atoms with E-state index in [1.54, 1.807) is 5.56 Å². The number of nitrogens with zero attached hydrogens (tertiary/aromatic N) is 2. The molecule has 0 spiro atoms. The topological polar surface area (TPSA) is 18.5 Å². The number of nitrogens with one attached hydrogen (secondary N) is 1. The van der Waals surface area contributed by atoms with Crippen LogP contribution in [0.3, 0.4) is 0 Å². The van der Waals surface area contributed by atoms with Crippen LogP contribution >= 0.6 is 0 Å². The molecule has 0 radical (unpaired) electrons. The van der Waals surface area contributed by atoms with E-state index >= 15 is 0 Å². The molecule has 0 amide bonds. The summed E-state index contributed by atoms with van der Waals surface area (Å²) in [5, 5.41) is 3.54. The Hall–Kier alpha value is -0.900. The Balaban J connectivity index is 1.72. The first-order valence-electron chi connectivity index (χ1n) is 8.53. The smallest absolute Gasteiger partial charge is 0.0110 e. The Morgan fingerprint density at radius 1 is 0.952 bits per heavy atom. The predicted molar refractivity (Wildman–Crippen MR) is 88.8 cm³/mol. The van der Waals surface area contributed by atoms with Gasteiger partial charge in [0.05, 0.1) is 0 Å². The van der Waals surface area contributed by atoms with Crippen molar-refractivity contribution in [1.29, 1.82) is 0 Å². The lowest BCUT2D eigenvalue weighted by Crippen LogP contribution is -2.53. The van der Waals surface area contributed by atoms with Crippen LogP contribution in [0.5, 0.6) is 0 Å². The maximum Gasteiger partial charge on any atom is 0.0110 e. The Morgan fingerprint density at radius 3 is 2.19 bits per heavy atom. The number of hydrogen-bond donors (Lipinski definition) is 1. The van der Waals surface area contributed by atoms with Crippen LogP contribution in [-0.4, -0.2) is 62.2 Å². The molecule has 1 aromatic carbocycles. The first kappa shape index (κ1) is 15.0. The molecule has 2 heterocycles. The highest BCUT2D eigenvalue weighted by atomic mass is 15.3. The summed E-state index contributed by atoms with van der Waals surface area (Å²) < 4.78 is 0. The fraction of sp³-hybridized carbons (Fsp3) is 0.667. The monoisotopic (exact) mass is 287 g/mol. The van der Waals surface area contributed by atoms with Crippen molar-refractivity contribution in [2.24, 2.45) is 0 Å². The summed E-state index contributed by atoms with van der Waals surface area (Å²) in [5.41, 5.74) is 1.91. The highest BCUT2D eigenvalue weighted by molar-refractivity contribution is 5.27. The van der Waals surface area contributed by atoms with Gasteiger partial charge in [-0.05, 0) is 38.0 Å². The SMILES string of the molecule is CCN1CCN(CC2(c3ccccc3)CCNCC2)CC1. The molecular formula is C18H29N3. The molecule has 1 N–H and O–H groups in total. The minimum absolute atomic E-state index is 0.362. The van der Waals surface area contributed by atoms with Crippen molar-refractivity contribution in [2.75, 3.05) is 52.4 Å². The molecule has 2 saturated heterocycles. The lowest BCUT2D eigenvalue weighted by molar-refractivity contribution is 0.102. The third-order valence-electron chi connectivity index (χ3n) is 5.39. The van der Waals surface area contributed by atoms with Crippen molar-refractivity contribution < 1.29 is 0 Å². The van der Waals surface area contributed by atoms with Gasteiger partial charge in [-0.25, -0.2) is 0 Å². The summed E-state index contributed by atoms with van der Waals surface area (Å²) in [6, 6.07) is 11.2. The molecule has 0 bridgehead atoms. The molecule has 0 atom stereocenters. The summed E-state index contributed by atoms with van der Waals surface area (Å²) in [5.74, 6) is 0. The number of rotatable bonds is 4. The van der Waals surface area contributed by atoms with Crippen LogP contribution in [0.2, 0.25) is 0 Å². The average Bonchev–Trinajstić information content (AvgIpc) is 2.57. The summed E-state index contributed by atoms with van der Waals surface area (Å²) in [6.07, 6.45) is 2.54. The van der Waals surface area contributed by atoms with Crippen LogP contribution in [0.1, 0.15) is 25.3 Å². The maximum absolute atomic E-state index is 3.54. The molecular weight excluding hydrogens is 258 g/mol. The van der Waals surface area contributed by atoms with Crippen molar-refractivity contribution in [1.82, 2.24) is 15.1 Å². The average molecular weight is 287 g/mol. The fourth-order valence-electron chi connectivity index (χ4n) is 3.93. The second-order valence-electron chi connectivity index (χ2n) is 6.61. The molecule has 1 aromatic rings. The second kappa shape index (κ2) is 6.91. The summed E-state index contributed by atoms with van der Waals surface area (Å²) in [6.45, 7) is 11.9. The quantitative estimate of drug-likeness (QED) is 0.913. The largest absolute Gasteiger partial charge is 0.317 e. The van der Waals surface area contributed by atoms with E-state index in [1.165, 1.54) is 52.1 Å². The van der Waals surface area contributed by atoms with Crippen LogP contribution in [0.25, 0.3) is 0 Å². The van der Waals surface area contributed by atoms with Crippen molar-refractivity contribution in [2.45, 2.75) is 25.2 Å². The van der Waals surface area contributed by atoms with Crippen LogP contribution in [0.4, 0.5) is 0 Å². The maximum atomic E-state index is 3.54. The first-order chi connectivity index (χ1) is 10.3. The van der Waals surface area contributed by atoms with Crippen molar-refractivity contribution >= 4 is 0 Å². The van der Waals surface area contributed by atoms with Gasteiger partial charge in [0.1, 0.15) is 0 Å².